The SMILES string of the molecule is CCCC1(C(=O)c2cc(C)c(C)cc2C)CCNCC1. The summed E-state index contributed by atoms with van der Waals surface area (Å²) in [5.74, 6) is 0.376. The summed E-state index contributed by atoms with van der Waals surface area (Å²) in [6, 6.07) is 4.26. The maximum Gasteiger partial charge on any atom is 0.169 e. The zero-order valence-electron chi connectivity index (χ0n) is 13.3. The molecular formula is C18H27NO. The maximum absolute atomic E-state index is 13.2. The topological polar surface area (TPSA) is 29.1 Å². The summed E-state index contributed by atoms with van der Waals surface area (Å²) in [5.41, 5.74) is 4.44. The van der Waals surface area contributed by atoms with E-state index in [1.54, 1.807) is 0 Å². The fourth-order valence-electron chi connectivity index (χ4n) is 3.47. The number of nitrogens with one attached hydrogen (secondary N) is 1. The lowest BCUT2D eigenvalue weighted by molar-refractivity contribution is 0.0703. The quantitative estimate of drug-likeness (QED) is 0.841. The zero-order chi connectivity index (χ0) is 14.8. The molecule has 1 saturated heterocycles. The van der Waals surface area contributed by atoms with E-state index in [0.717, 1.165) is 49.9 Å². The highest BCUT2D eigenvalue weighted by Gasteiger charge is 2.39. The van der Waals surface area contributed by atoms with Gasteiger partial charge in [-0.1, -0.05) is 19.4 Å². The number of rotatable bonds is 4. The van der Waals surface area contributed by atoms with Gasteiger partial charge in [-0.2, -0.15) is 0 Å². The van der Waals surface area contributed by atoms with Crippen molar-refractivity contribution in [3.63, 3.8) is 0 Å². The van der Waals surface area contributed by atoms with E-state index in [2.05, 4.69) is 45.1 Å². The van der Waals surface area contributed by atoms with Gasteiger partial charge in [0.25, 0.3) is 0 Å². The second-order valence-corrected chi connectivity index (χ2v) is 6.36. The molecule has 1 heterocycles. The van der Waals surface area contributed by atoms with Gasteiger partial charge in [-0.05, 0) is 75.9 Å². The van der Waals surface area contributed by atoms with Crippen LogP contribution < -0.4 is 5.32 Å². The van der Waals surface area contributed by atoms with E-state index in [9.17, 15) is 4.79 Å². The summed E-state index contributed by atoms with van der Waals surface area (Å²) in [4.78, 5) is 13.2. The minimum atomic E-state index is -0.132. The van der Waals surface area contributed by atoms with Crippen LogP contribution in [0.5, 0.6) is 0 Å². The van der Waals surface area contributed by atoms with Crippen molar-refractivity contribution in [2.45, 2.75) is 53.4 Å². The summed E-state index contributed by atoms with van der Waals surface area (Å²) in [6.07, 6.45) is 4.05. The van der Waals surface area contributed by atoms with E-state index in [1.165, 1.54) is 11.1 Å². The number of Topliss-reactive ketones (excluding diaryl/α,β-unsaturated/α-hetero) is 1. The summed E-state index contributed by atoms with van der Waals surface area (Å²) in [6.45, 7) is 10.4. The highest BCUT2D eigenvalue weighted by atomic mass is 16.1. The average Bonchev–Trinajstić information content (AvgIpc) is 2.43. The van der Waals surface area contributed by atoms with Gasteiger partial charge in [0.15, 0.2) is 5.78 Å². The molecule has 1 aromatic rings. The van der Waals surface area contributed by atoms with Crippen LogP contribution in [0.25, 0.3) is 0 Å². The zero-order valence-corrected chi connectivity index (χ0v) is 13.3. The van der Waals surface area contributed by atoms with E-state index in [-0.39, 0.29) is 5.41 Å². The Morgan fingerprint density at radius 1 is 1.10 bits per heavy atom. The molecule has 20 heavy (non-hydrogen) atoms. The fraction of sp³-hybridized carbons (Fsp3) is 0.611. The van der Waals surface area contributed by atoms with Gasteiger partial charge < -0.3 is 5.32 Å². The van der Waals surface area contributed by atoms with Crippen molar-refractivity contribution in [3.8, 4) is 0 Å². The van der Waals surface area contributed by atoms with Crippen LogP contribution >= 0.6 is 0 Å². The van der Waals surface area contributed by atoms with Crippen LogP contribution in [0.4, 0.5) is 0 Å². The predicted octanol–water partition coefficient (Wildman–Crippen LogP) is 3.96. The predicted molar refractivity (Wildman–Crippen MR) is 84.4 cm³/mol. The van der Waals surface area contributed by atoms with Crippen molar-refractivity contribution in [3.05, 3.63) is 34.4 Å². The van der Waals surface area contributed by atoms with Crippen molar-refractivity contribution in [1.29, 1.82) is 0 Å². The van der Waals surface area contributed by atoms with Gasteiger partial charge >= 0.3 is 0 Å². The lowest BCUT2D eigenvalue weighted by Crippen LogP contribution is -2.42. The Balaban J connectivity index is 2.39. The number of aryl methyl sites for hydroxylation is 3. The van der Waals surface area contributed by atoms with Gasteiger partial charge in [-0.15, -0.1) is 0 Å². The third-order valence-electron chi connectivity index (χ3n) is 4.86. The number of carbonyl (C=O) groups is 1. The standard InChI is InChI=1S/C18H27NO/c1-5-6-18(7-9-19-10-8-18)17(20)16-12-14(3)13(2)11-15(16)4/h11-12,19H,5-10H2,1-4H3. The molecule has 2 nitrogen and oxygen atoms in total. The average molecular weight is 273 g/mol. The lowest BCUT2D eigenvalue weighted by atomic mass is 9.69. The molecule has 2 heteroatoms. The van der Waals surface area contributed by atoms with Crippen molar-refractivity contribution >= 4 is 5.78 Å². The summed E-state index contributed by atoms with van der Waals surface area (Å²) in [5, 5.41) is 3.39. The second-order valence-electron chi connectivity index (χ2n) is 6.36. The van der Waals surface area contributed by atoms with Crippen molar-refractivity contribution in [2.75, 3.05) is 13.1 Å². The third kappa shape index (κ3) is 2.80. The van der Waals surface area contributed by atoms with E-state index >= 15 is 0 Å². The molecular weight excluding hydrogens is 246 g/mol. The largest absolute Gasteiger partial charge is 0.317 e. The number of hydrogen-bond acceptors (Lipinski definition) is 2. The minimum absolute atomic E-state index is 0.132. The van der Waals surface area contributed by atoms with Gasteiger partial charge in [0.1, 0.15) is 0 Å². The van der Waals surface area contributed by atoms with Crippen LogP contribution in [-0.4, -0.2) is 18.9 Å². The smallest absolute Gasteiger partial charge is 0.169 e. The Morgan fingerprint density at radius 3 is 2.30 bits per heavy atom. The molecule has 1 aliphatic heterocycles. The first-order chi connectivity index (χ1) is 9.50. The molecule has 0 spiro atoms. The van der Waals surface area contributed by atoms with Gasteiger partial charge in [0.05, 0.1) is 0 Å². The van der Waals surface area contributed by atoms with Crippen molar-refractivity contribution in [1.82, 2.24) is 5.32 Å². The van der Waals surface area contributed by atoms with Crippen LogP contribution in [0.15, 0.2) is 12.1 Å². The molecule has 0 atom stereocenters. The number of ketones is 1. The molecule has 1 fully saturated rings. The first-order valence-electron chi connectivity index (χ1n) is 7.83. The maximum atomic E-state index is 13.2. The van der Waals surface area contributed by atoms with Crippen LogP contribution in [0, 0.1) is 26.2 Å². The number of carbonyl (C=O) groups excluding carboxylic acids is 1. The molecule has 0 unspecified atom stereocenters. The van der Waals surface area contributed by atoms with Crippen LogP contribution in [0.3, 0.4) is 0 Å². The lowest BCUT2D eigenvalue weighted by Gasteiger charge is -2.36. The molecule has 0 radical (unpaired) electrons. The van der Waals surface area contributed by atoms with Crippen LogP contribution in [-0.2, 0) is 0 Å². The van der Waals surface area contributed by atoms with Gasteiger partial charge in [0, 0.05) is 11.0 Å². The third-order valence-corrected chi connectivity index (χ3v) is 4.86. The molecule has 1 aliphatic rings. The molecule has 0 bridgehead atoms. The van der Waals surface area contributed by atoms with E-state index in [0.29, 0.717) is 5.78 Å². The Kier molecular flexibility index (Phi) is 4.64. The van der Waals surface area contributed by atoms with E-state index in [1.807, 2.05) is 0 Å². The molecule has 0 saturated carbocycles. The van der Waals surface area contributed by atoms with Crippen LogP contribution in [0.1, 0.15) is 59.7 Å². The number of piperidine rings is 1. The molecule has 1 aromatic carbocycles. The van der Waals surface area contributed by atoms with Gasteiger partial charge in [-0.25, -0.2) is 0 Å². The highest BCUT2D eigenvalue weighted by Crippen LogP contribution is 2.38. The van der Waals surface area contributed by atoms with E-state index < -0.39 is 0 Å². The number of hydrogen-bond donors (Lipinski definition) is 1. The monoisotopic (exact) mass is 273 g/mol. The Morgan fingerprint density at radius 2 is 1.70 bits per heavy atom. The molecule has 0 amide bonds. The summed E-state index contributed by atoms with van der Waals surface area (Å²) < 4.78 is 0. The Labute approximate surface area is 123 Å². The molecule has 0 aromatic heterocycles. The summed E-state index contributed by atoms with van der Waals surface area (Å²) >= 11 is 0. The molecule has 0 aliphatic carbocycles. The number of benzene rings is 1. The molecule has 2 rings (SSSR count). The first kappa shape index (κ1) is 15.2. The van der Waals surface area contributed by atoms with Gasteiger partial charge in [-0.3, -0.25) is 4.79 Å². The van der Waals surface area contributed by atoms with Crippen LogP contribution in [0.2, 0.25) is 0 Å². The van der Waals surface area contributed by atoms with E-state index in [4.69, 9.17) is 0 Å². The fourth-order valence-corrected chi connectivity index (χ4v) is 3.47. The molecule has 110 valence electrons. The van der Waals surface area contributed by atoms with Crippen molar-refractivity contribution < 1.29 is 4.79 Å². The van der Waals surface area contributed by atoms with Gasteiger partial charge in [0.2, 0.25) is 0 Å². The Bertz CT molecular complexity index is 493. The first-order valence-corrected chi connectivity index (χ1v) is 7.83. The second kappa shape index (κ2) is 6.09. The Hall–Kier alpha value is -1.15. The molecule has 1 N–H and O–H groups in total. The normalized spacial score (nSPS) is 18.0. The minimum Gasteiger partial charge on any atom is -0.317 e. The summed E-state index contributed by atoms with van der Waals surface area (Å²) in [7, 11) is 0. The highest BCUT2D eigenvalue weighted by molar-refractivity contribution is 6.02. The van der Waals surface area contributed by atoms with Crippen molar-refractivity contribution in [2.24, 2.45) is 5.41 Å².